The third-order valence-corrected chi connectivity index (χ3v) is 5.94. The Morgan fingerprint density at radius 2 is 2.07 bits per heavy atom. The summed E-state index contributed by atoms with van der Waals surface area (Å²) in [5.41, 5.74) is 3.00. The van der Waals surface area contributed by atoms with Crippen molar-refractivity contribution in [2.24, 2.45) is 11.3 Å². The molecule has 0 bridgehead atoms. The van der Waals surface area contributed by atoms with Crippen LogP contribution in [0.5, 0.6) is 5.75 Å². The van der Waals surface area contributed by atoms with E-state index in [2.05, 4.69) is 0 Å². The summed E-state index contributed by atoms with van der Waals surface area (Å²) in [6, 6.07) is 15.2. The van der Waals surface area contributed by atoms with Crippen molar-refractivity contribution in [2.45, 2.75) is 6.42 Å². The number of methoxy groups -OCH3 is 1. The van der Waals surface area contributed by atoms with Crippen LogP contribution in [0.3, 0.4) is 0 Å². The summed E-state index contributed by atoms with van der Waals surface area (Å²) in [6.45, 7) is 0.618. The van der Waals surface area contributed by atoms with Crippen molar-refractivity contribution < 1.29 is 14.3 Å². The van der Waals surface area contributed by atoms with E-state index in [1.807, 2.05) is 54.6 Å². The van der Waals surface area contributed by atoms with Gasteiger partial charge in [-0.05, 0) is 47.8 Å². The van der Waals surface area contributed by atoms with Gasteiger partial charge in [-0.15, -0.1) is 0 Å². The second-order valence-corrected chi connectivity index (χ2v) is 7.38. The first kappa shape index (κ1) is 16.1. The molecule has 1 amide bonds. The van der Waals surface area contributed by atoms with E-state index < -0.39 is 5.41 Å². The number of piperidine rings is 1. The van der Waals surface area contributed by atoms with E-state index in [1.165, 1.54) is 0 Å². The van der Waals surface area contributed by atoms with Crippen molar-refractivity contribution in [2.75, 3.05) is 13.7 Å². The molecule has 4 heteroatoms. The van der Waals surface area contributed by atoms with Crippen LogP contribution in [-0.2, 0) is 4.79 Å². The number of likely N-dealkylation sites (tertiary alicyclic amines) is 1. The van der Waals surface area contributed by atoms with Crippen LogP contribution in [0.15, 0.2) is 60.3 Å². The van der Waals surface area contributed by atoms with Crippen molar-refractivity contribution in [3.05, 3.63) is 77.0 Å². The number of rotatable bonds is 3. The van der Waals surface area contributed by atoms with Gasteiger partial charge in [-0.25, -0.2) is 0 Å². The number of hydrogen-bond acceptors (Lipinski definition) is 3. The van der Waals surface area contributed by atoms with Gasteiger partial charge in [0.25, 0.3) is 5.91 Å². The normalized spacial score (nSPS) is 24.9. The van der Waals surface area contributed by atoms with E-state index in [0.717, 1.165) is 34.6 Å². The Morgan fingerprint density at radius 1 is 1.22 bits per heavy atom. The van der Waals surface area contributed by atoms with Crippen molar-refractivity contribution in [3.8, 4) is 5.75 Å². The zero-order chi connectivity index (χ0) is 18.6. The van der Waals surface area contributed by atoms with E-state index in [1.54, 1.807) is 24.2 Å². The minimum absolute atomic E-state index is 0.0807. The Kier molecular flexibility index (Phi) is 3.38. The Hall–Kier alpha value is -3.14. The van der Waals surface area contributed by atoms with Crippen LogP contribution >= 0.6 is 0 Å². The maximum atomic E-state index is 13.1. The van der Waals surface area contributed by atoms with Gasteiger partial charge in [-0.3, -0.25) is 9.59 Å². The van der Waals surface area contributed by atoms with Gasteiger partial charge >= 0.3 is 0 Å². The minimum Gasteiger partial charge on any atom is -0.497 e. The number of carbonyl (C=O) groups is 2. The highest BCUT2D eigenvalue weighted by Gasteiger charge is 2.69. The molecule has 27 heavy (non-hydrogen) atoms. The summed E-state index contributed by atoms with van der Waals surface area (Å²) in [6.07, 6.45) is 6.26. The first-order valence-electron chi connectivity index (χ1n) is 9.13. The molecule has 1 saturated carbocycles. The van der Waals surface area contributed by atoms with Gasteiger partial charge in [0, 0.05) is 23.9 Å². The molecule has 2 atom stereocenters. The van der Waals surface area contributed by atoms with Gasteiger partial charge in [0.1, 0.15) is 5.75 Å². The van der Waals surface area contributed by atoms with Crippen molar-refractivity contribution in [1.82, 2.24) is 4.90 Å². The van der Waals surface area contributed by atoms with Crippen molar-refractivity contribution >= 4 is 23.8 Å². The Balaban J connectivity index is 1.45. The number of benzene rings is 2. The number of hydrogen-bond donors (Lipinski definition) is 0. The fraction of sp³-hybridized carbons (Fsp3) is 0.217. The average molecular weight is 357 g/mol. The summed E-state index contributed by atoms with van der Waals surface area (Å²) >= 11 is 0. The number of ether oxygens (including phenoxy) is 1. The molecular formula is C23H19NO3. The highest BCUT2D eigenvalue weighted by molar-refractivity contribution is 6.12. The van der Waals surface area contributed by atoms with Gasteiger partial charge in [-0.2, -0.15) is 0 Å². The fourth-order valence-electron chi connectivity index (χ4n) is 4.45. The summed E-state index contributed by atoms with van der Waals surface area (Å²) in [5.74, 6) is 1.09. The molecule has 0 aromatic heterocycles. The van der Waals surface area contributed by atoms with Crippen molar-refractivity contribution in [3.63, 3.8) is 0 Å². The molecule has 0 N–H and O–H groups in total. The fourth-order valence-corrected chi connectivity index (χ4v) is 4.45. The predicted molar refractivity (Wildman–Crippen MR) is 103 cm³/mol. The number of allylic oxidation sites excluding steroid dienone is 1. The lowest BCUT2D eigenvalue weighted by atomic mass is 9.83. The van der Waals surface area contributed by atoms with Crippen LogP contribution in [0.4, 0.5) is 0 Å². The number of nitrogens with zero attached hydrogens (tertiary/aromatic N) is 1. The summed E-state index contributed by atoms with van der Waals surface area (Å²) in [5, 5.41) is 0. The van der Waals surface area contributed by atoms with Gasteiger partial charge in [-0.1, -0.05) is 36.4 Å². The molecule has 5 rings (SSSR count). The molecule has 2 aromatic carbocycles. The third-order valence-electron chi connectivity index (χ3n) is 5.94. The quantitative estimate of drug-likeness (QED) is 0.785. The Labute approximate surface area is 157 Å². The van der Waals surface area contributed by atoms with Gasteiger partial charge in [0.2, 0.25) is 0 Å². The standard InChI is InChI=1S/C23H19NO3/c1-27-18-7-4-5-15(11-18)9-10-21(25)24-14-17-13-23(17)20(24)12-16-6-2-3-8-19(16)22(23)26/h2-12,17H,13-14H2,1H3. The summed E-state index contributed by atoms with van der Waals surface area (Å²) in [7, 11) is 1.62. The molecule has 4 nitrogen and oxygen atoms in total. The van der Waals surface area contributed by atoms with E-state index in [4.69, 9.17) is 4.74 Å². The average Bonchev–Trinajstić information content (AvgIpc) is 3.33. The predicted octanol–water partition coefficient (Wildman–Crippen LogP) is 3.79. The van der Waals surface area contributed by atoms with Crippen LogP contribution in [0.2, 0.25) is 0 Å². The molecule has 3 aliphatic rings. The lowest BCUT2D eigenvalue weighted by molar-refractivity contribution is -0.123. The maximum Gasteiger partial charge on any atom is 0.250 e. The zero-order valence-electron chi connectivity index (χ0n) is 15.0. The molecule has 0 radical (unpaired) electrons. The number of carbonyl (C=O) groups excluding carboxylic acids is 2. The first-order chi connectivity index (χ1) is 13.1. The number of ketones is 1. The van der Waals surface area contributed by atoms with Crippen LogP contribution in [-0.4, -0.2) is 30.2 Å². The molecule has 1 spiro atoms. The topological polar surface area (TPSA) is 46.6 Å². The minimum atomic E-state index is -0.464. The van der Waals surface area contributed by atoms with E-state index in [0.29, 0.717) is 6.54 Å². The van der Waals surface area contributed by atoms with Gasteiger partial charge in [0.15, 0.2) is 5.78 Å². The Morgan fingerprint density at radius 3 is 2.93 bits per heavy atom. The molecule has 2 aliphatic carbocycles. The smallest absolute Gasteiger partial charge is 0.250 e. The molecule has 1 heterocycles. The number of amides is 1. The maximum absolute atomic E-state index is 13.1. The molecule has 2 aromatic rings. The summed E-state index contributed by atoms with van der Waals surface area (Å²) in [4.78, 5) is 27.7. The van der Waals surface area contributed by atoms with Crippen LogP contribution in [0.25, 0.3) is 12.2 Å². The molecular weight excluding hydrogens is 338 g/mol. The van der Waals surface area contributed by atoms with Gasteiger partial charge < -0.3 is 9.64 Å². The largest absolute Gasteiger partial charge is 0.497 e. The van der Waals surface area contributed by atoms with Gasteiger partial charge in [0.05, 0.1) is 12.5 Å². The molecule has 2 fully saturated rings. The monoisotopic (exact) mass is 357 g/mol. The van der Waals surface area contributed by atoms with E-state index in [9.17, 15) is 9.59 Å². The number of fused-ring (bicyclic) bond motifs is 1. The second-order valence-electron chi connectivity index (χ2n) is 7.38. The molecule has 1 saturated heterocycles. The zero-order valence-corrected chi connectivity index (χ0v) is 15.0. The molecule has 1 aliphatic heterocycles. The van der Waals surface area contributed by atoms with E-state index >= 15 is 0 Å². The van der Waals surface area contributed by atoms with Crippen LogP contribution in [0.1, 0.15) is 27.9 Å². The van der Waals surface area contributed by atoms with Crippen molar-refractivity contribution in [1.29, 1.82) is 0 Å². The summed E-state index contributed by atoms with van der Waals surface area (Å²) < 4.78 is 5.22. The van der Waals surface area contributed by atoms with Crippen LogP contribution in [0, 0.1) is 11.3 Å². The lowest BCUT2D eigenvalue weighted by Gasteiger charge is -2.27. The molecule has 2 unspecified atom stereocenters. The highest BCUT2D eigenvalue weighted by Crippen LogP contribution is 2.67. The van der Waals surface area contributed by atoms with E-state index in [-0.39, 0.29) is 17.6 Å². The molecule has 134 valence electrons. The highest BCUT2D eigenvalue weighted by atomic mass is 16.5. The lowest BCUT2D eigenvalue weighted by Crippen LogP contribution is -2.32. The third kappa shape index (κ3) is 2.29. The SMILES string of the molecule is COc1cccc(C=CC(=O)N2CC3CC34C(=O)c3ccccc3C=C24)c1. The number of Topliss-reactive ketones (excluding diaryl/α,β-unsaturated/α-hetero) is 1. The Bertz CT molecular complexity index is 1040. The first-order valence-corrected chi connectivity index (χ1v) is 9.13. The van der Waals surface area contributed by atoms with Crippen LogP contribution < -0.4 is 4.74 Å². The second kappa shape index (κ2) is 5.68.